The van der Waals surface area contributed by atoms with Gasteiger partial charge in [-0.05, 0) is 12.1 Å². The summed E-state index contributed by atoms with van der Waals surface area (Å²) >= 11 is 5.48. The first kappa shape index (κ1) is 13.7. The Hall–Kier alpha value is -1.36. The lowest BCUT2D eigenvalue weighted by Crippen LogP contribution is -2.01. The maximum Gasteiger partial charge on any atom is 0.291 e. The largest absolute Gasteiger partial charge is 0.291 e. The van der Waals surface area contributed by atoms with Crippen LogP contribution in [0.5, 0.6) is 0 Å². The van der Waals surface area contributed by atoms with Crippen LogP contribution in [0.2, 0.25) is 0 Å². The Morgan fingerprint density at radius 3 is 2.41 bits per heavy atom. The van der Waals surface area contributed by atoms with E-state index in [9.17, 15) is 18.5 Å². The smallest absolute Gasteiger partial charge is 0.258 e. The third-order valence-electron chi connectivity index (χ3n) is 1.89. The molecule has 0 aliphatic heterocycles. The molecular formula is C8H4Cl2N2O4S. The molecule has 17 heavy (non-hydrogen) atoms. The second kappa shape index (κ2) is 4.87. The van der Waals surface area contributed by atoms with Crippen LogP contribution in [0.15, 0.2) is 17.0 Å². The van der Waals surface area contributed by atoms with Crippen molar-refractivity contribution in [1.29, 1.82) is 5.26 Å². The normalized spacial score (nSPS) is 10.9. The number of rotatable bonds is 3. The van der Waals surface area contributed by atoms with Crippen molar-refractivity contribution in [1.82, 2.24) is 0 Å². The summed E-state index contributed by atoms with van der Waals surface area (Å²) in [6.45, 7) is 0. The van der Waals surface area contributed by atoms with Gasteiger partial charge in [0.25, 0.3) is 14.7 Å². The van der Waals surface area contributed by atoms with E-state index < -0.39 is 30.1 Å². The molecule has 0 aliphatic rings. The van der Waals surface area contributed by atoms with Gasteiger partial charge in [-0.25, -0.2) is 8.42 Å². The number of nitriles is 1. The van der Waals surface area contributed by atoms with Crippen molar-refractivity contribution >= 4 is 37.0 Å². The van der Waals surface area contributed by atoms with Crippen LogP contribution in [0.25, 0.3) is 0 Å². The zero-order valence-corrected chi connectivity index (χ0v) is 10.4. The highest BCUT2D eigenvalue weighted by atomic mass is 35.7. The van der Waals surface area contributed by atoms with Crippen LogP contribution >= 0.6 is 22.3 Å². The number of benzene rings is 1. The summed E-state index contributed by atoms with van der Waals surface area (Å²) in [5.74, 6) is -0.300. The highest BCUT2D eigenvalue weighted by molar-refractivity contribution is 8.13. The second-order valence-corrected chi connectivity index (χ2v) is 5.75. The van der Waals surface area contributed by atoms with Gasteiger partial charge in [-0.3, -0.25) is 10.1 Å². The van der Waals surface area contributed by atoms with Crippen LogP contribution in [-0.2, 0) is 14.9 Å². The van der Waals surface area contributed by atoms with E-state index in [1.54, 1.807) is 6.07 Å². The maximum atomic E-state index is 11.1. The Labute approximate surface area is 106 Å². The number of hydrogen-bond acceptors (Lipinski definition) is 5. The molecule has 0 bridgehead atoms. The molecule has 1 rings (SSSR count). The van der Waals surface area contributed by atoms with E-state index in [0.29, 0.717) is 0 Å². The molecular weight excluding hydrogens is 291 g/mol. The van der Waals surface area contributed by atoms with E-state index >= 15 is 0 Å². The molecule has 1 aromatic rings. The van der Waals surface area contributed by atoms with Crippen molar-refractivity contribution in [2.24, 2.45) is 0 Å². The van der Waals surface area contributed by atoms with Gasteiger partial charge in [0.15, 0.2) is 0 Å². The van der Waals surface area contributed by atoms with Gasteiger partial charge < -0.3 is 0 Å². The Morgan fingerprint density at radius 1 is 1.47 bits per heavy atom. The van der Waals surface area contributed by atoms with Crippen LogP contribution in [0.4, 0.5) is 5.69 Å². The third-order valence-corrected chi connectivity index (χ3v) is 3.51. The van der Waals surface area contributed by atoms with E-state index in [0.717, 1.165) is 12.1 Å². The molecule has 90 valence electrons. The van der Waals surface area contributed by atoms with Crippen LogP contribution in [-0.4, -0.2) is 13.3 Å². The summed E-state index contributed by atoms with van der Waals surface area (Å²) < 4.78 is 22.2. The lowest BCUT2D eigenvalue weighted by molar-refractivity contribution is -0.385. The fourth-order valence-corrected chi connectivity index (χ4v) is 2.22. The fourth-order valence-electron chi connectivity index (χ4n) is 1.21. The number of alkyl halides is 1. The molecule has 6 nitrogen and oxygen atoms in total. The number of hydrogen-bond donors (Lipinski definition) is 0. The zero-order valence-electron chi connectivity index (χ0n) is 8.05. The summed E-state index contributed by atoms with van der Waals surface area (Å²) in [6.07, 6.45) is 0. The first-order valence-electron chi connectivity index (χ1n) is 4.03. The summed E-state index contributed by atoms with van der Waals surface area (Å²) in [6, 6.07) is 3.36. The van der Waals surface area contributed by atoms with Crippen LogP contribution in [0.1, 0.15) is 11.1 Å². The molecule has 0 spiro atoms. The molecule has 1 aromatic carbocycles. The topological polar surface area (TPSA) is 101 Å². The van der Waals surface area contributed by atoms with Gasteiger partial charge in [-0.15, -0.1) is 11.6 Å². The summed E-state index contributed by atoms with van der Waals surface area (Å²) in [5.41, 5.74) is -0.978. The number of nitro groups is 1. The van der Waals surface area contributed by atoms with Crippen LogP contribution < -0.4 is 0 Å². The number of nitrogens with zero attached hydrogens (tertiary/aromatic N) is 2. The van der Waals surface area contributed by atoms with Gasteiger partial charge in [0.2, 0.25) is 0 Å². The quantitative estimate of drug-likeness (QED) is 0.368. The van der Waals surface area contributed by atoms with Gasteiger partial charge in [0, 0.05) is 16.2 Å². The zero-order chi connectivity index (χ0) is 13.2. The minimum atomic E-state index is -4.07. The van der Waals surface area contributed by atoms with Gasteiger partial charge in [0.05, 0.1) is 15.7 Å². The average molecular weight is 295 g/mol. The Morgan fingerprint density at radius 2 is 2.06 bits per heavy atom. The molecule has 0 unspecified atom stereocenters. The third kappa shape index (κ3) is 2.85. The minimum Gasteiger partial charge on any atom is -0.258 e. The summed E-state index contributed by atoms with van der Waals surface area (Å²) in [4.78, 5) is 9.55. The maximum absolute atomic E-state index is 11.1. The first-order valence-corrected chi connectivity index (χ1v) is 6.87. The Balaban J connectivity index is 3.69. The first-order chi connectivity index (χ1) is 7.81. The minimum absolute atomic E-state index is 0.0741. The number of nitro benzene ring substituents is 1. The molecule has 0 saturated heterocycles. The molecule has 0 fully saturated rings. The van der Waals surface area contributed by atoms with Gasteiger partial charge in [-0.1, -0.05) is 0 Å². The highest BCUT2D eigenvalue weighted by Crippen LogP contribution is 2.29. The van der Waals surface area contributed by atoms with Crippen molar-refractivity contribution in [2.45, 2.75) is 10.8 Å². The predicted molar refractivity (Wildman–Crippen MR) is 60.4 cm³/mol. The molecule has 0 radical (unpaired) electrons. The van der Waals surface area contributed by atoms with E-state index in [2.05, 4.69) is 0 Å². The van der Waals surface area contributed by atoms with E-state index in [1.807, 2.05) is 0 Å². The molecule has 0 saturated carbocycles. The fraction of sp³-hybridized carbons (Fsp3) is 0.125. The Kier molecular flexibility index (Phi) is 3.93. The molecule has 9 heteroatoms. The summed E-state index contributed by atoms with van der Waals surface area (Å²) in [7, 11) is 1.03. The Bertz CT molecular complexity index is 621. The van der Waals surface area contributed by atoms with Crippen molar-refractivity contribution in [2.75, 3.05) is 0 Å². The standard InChI is InChI=1S/C8H4Cl2N2O4S/c9-3-5-1-7(17(10,15)16)2-6(4-11)8(5)12(13)14/h1-2H,3H2. The number of halogens is 2. The van der Waals surface area contributed by atoms with Crippen LogP contribution in [0, 0.1) is 21.4 Å². The molecule has 0 aromatic heterocycles. The molecule has 0 aliphatic carbocycles. The molecule has 0 N–H and O–H groups in total. The predicted octanol–water partition coefficient (Wildman–Crippen LogP) is 2.13. The van der Waals surface area contributed by atoms with Crippen molar-refractivity contribution < 1.29 is 13.3 Å². The van der Waals surface area contributed by atoms with Crippen molar-refractivity contribution in [3.05, 3.63) is 33.4 Å². The molecule has 0 heterocycles. The second-order valence-electron chi connectivity index (χ2n) is 2.92. The van der Waals surface area contributed by atoms with Gasteiger partial charge in [-0.2, -0.15) is 5.26 Å². The van der Waals surface area contributed by atoms with Crippen molar-refractivity contribution in [3.63, 3.8) is 0 Å². The van der Waals surface area contributed by atoms with E-state index in [-0.39, 0.29) is 11.4 Å². The molecule has 0 amide bonds. The molecule has 0 atom stereocenters. The van der Waals surface area contributed by atoms with Gasteiger partial charge >= 0.3 is 0 Å². The lowest BCUT2D eigenvalue weighted by atomic mass is 10.1. The van der Waals surface area contributed by atoms with E-state index in [1.165, 1.54) is 0 Å². The summed E-state index contributed by atoms with van der Waals surface area (Å²) in [5, 5.41) is 19.5. The monoisotopic (exact) mass is 294 g/mol. The van der Waals surface area contributed by atoms with E-state index in [4.69, 9.17) is 27.5 Å². The van der Waals surface area contributed by atoms with Gasteiger partial charge in [0.1, 0.15) is 11.6 Å². The highest BCUT2D eigenvalue weighted by Gasteiger charge is 2.24. The van der Waals surface area contributed by atoms with Crippen LogP contribution in [0.3, 0.4) is 0 Å². The lowest BCUT2D eigenvalue weighted by Gasteiger charge is -2.03. The SMILES string of the molecule is N#Cc1cc(S(=O)(=O)Cl)cc(CCl)c1[N+](=O)[O-]. The van der Waals surface area contributed by atoms with Crippen molar-refractivity contribution in [3.8, 4) is 6.07 Å². The average Bonchev–Trinajstić information content (AvgIpc) is 2.25.